The van der Waals surface area contributed by atoms with Crippen LogP contribution in [0.3, 0.4) is 0 Å². The monoisotopic (exact) mass is 580 g/mol. The average molecular weight is 582 g/mol. The second-order valence-electron chi connectivity index (χ2n) is 9.75. The highest BCUT2D eigenvalue weighted by atomic mass is 79.9. The summed E-state index contributed by atoms with van der Waals surface area (Å²) in [5, 5.41) is 0. The Morgan fingerprint density at radius 1 is 0.789 bits per heavy atom. The number of aromatic nitrogens is 2. The van der Waals surface area contributed by atoms with Crippen LogP contribution in [0.2, 0.25) is 0 Å². The number of hydrogen-bond donors (Lipinski definition) is 0. The third kappa shape index (κ3) is 10.2. The van der Waals surface area contributed by atoms with Crippen molar-refractivity contribution in [3.8, 4) is 22.9 Å². The van der Waals surface area contributed by atoms with Crippen LogP contribution in [-0.4, -0.2) is 22.5 Å². The van der Waals surface area contributed by atoms with Gasteiger partial charge in [0, 0.05) is 18.0 Å². The number of unbranched alkanes of at least 4 members (excludes halogenated alkanes) is 9. The molecular formula is C32H41BrN2O3. The Labute approximate surface area is 236 Å². The first kappa shape index (κ1) is 29.8. The zero-order valence-electron chi connectivity index (χ0n) is 22.9. The van der Waals surface area contributed by atoms with Crippen LogP contribution in [0, 0.1) is 0 Å². The molecule has 204 valence electrons. The predicted octanol–water partition coefficient (Wildman–Crippen LogP) is 9.38. The third-order valence-corrected chi connectivity index (χ3v) is 7.14. The van der Waals surface area contributed by atoms with E-state index in [4.69, 9.17) is 9.47 Å². The maximum Gasteiger partial charge on any atom is 0.343 e. The number of aryl methyl sites for hydroxylation is 1. The van der Waals surface area contributed by atoms with E-state index in [1.165, 1.54) is 63.4 Å². The molecule has 0 saturated heterocycles. The van der Waals surface area contributed by atoms with Crippen LogP contribution in [0.4, 0.5) is 0 Å². The van der Waals surface area contributed by atoms with E-state index < -0.39 is 5.97 Å². The maximum absolute atomic E-state index is 12.7. The van der Waals surface area contributed by atoms with Crippen LogP contribution >= 0.6 is 15.9 Å². The molecule has 3 aromatic rings. The molecule has 0 radical (unpaired) electrons. The van der Waals surface area contributed by atoms with Crippen molar-refractivity contribution in [2.45, 2.75) is 90.9 Å². The molecule has 0 N–H and O–H groups in total. The molecule has 0 aliphatic carbocycles. The number of carbonyl (C=O) groups excluding carboxylic acids is 1. The van der Waals surface area contributed by atoms with Gasteiger partial charge in [0.1, 0.15) is 11.5 Å². The van der Waals surface area contributed by atoms with Crippen LogP contribution < -0.4 is 9.47 Å². The fraction of sp³-hybridized carbons (Fsp3) is 0.469. The highest BCUT2D eigenvalue weighted by Crippen LogP contribution is 2.27. The first-order valence-electron chi connectivity index (χ1n) is 14.2. The highest BCUT2D eigenvalue weighted by molar-refractivity contribution is 9.10. The summed E-state index contributed by atoms with van der Waals surface area (Å²) in [7, 11) is 0. The molecule has 0 fully saturated rings. The molecule has 0 atom stereocenters. The van der Waals surface area contributed by atoms with Gasteiger partial charge in [0.05, 0.1) is 16.6 Å². The molecule has 1 heterocycles. The minimum absolute atomic E-state index is 0.418. The van der Waals surface area contributed by atoms with Crippen molar-refractivity contribution in [3.05, 3.63) is 70.5 Å². The lowest BCUT2D eigenvalue weighted by molar-refractivity contribution is 0.0734. The average Bonchev–Trinajstić information content (AvgIpc) is 2.94. The minimum Gasteiger partial charge on any atom is -0.492 e. The van der Waals surface area contributed by atoms with E-state index in [0.29, 0.717) is 23.7 Å². The molecule has 2 aromatic carbocycles. The van der Waals surface area contributed by atoms with E-state index in [2.05, 4.69) is 39.7 Å². The Balaban J connectivity index is 1.46. The Bertz CT molecular complexity index is 1100. The molecule has 0 saturated carbocycles. The lowest BCUT2D eigenvalue weighted by atomic mass is 10.1. The van der Waals surface area contributed by atoms with Crippen molar-refractivity contribution >= 4 is 21.9 Å². The maximum atomic E-state index is 12.7. The summed E-state index contributed by atoms with van der Waals surface area (Å²) >= 11 is 3.51. The molecule has 5 nitrogen and oxygen atoms in total. The van der Waals surface area contributed by atoms with Gasteiger partial charge in [-0.25, -0.2) is 14.8 Å². The highest BCUT2D eigenvalue weighted by Gasteiger charge is 2.12. The number of nitrogens with zero attached hydrogens (tertiary/aromatic N) is 2. The Morgan fingerprint density at radius 2 is 1.42 bits per heavy atom. The topological polar surface area (TPSA) is 61.3 Å². The van der Waals surface area contributed by atoms with Crippen molar-refractivity contribution in [2.75, 3.05) is 6.61 Å². The van der Waals surface area contributed by atoms with Crippen molar-refractivity contribution in [1.29, 1.82) is 0 Å². The van der Waals surface area contributed by atoms with Gasteiger partial charge in [-0.1, -0.05) is 71.6 Å². The molecule has 38 heavy (non-hydrogen) atoms. The molecule has 0 unspecified atom stereocenters. The van der Waals surface area contributed by atoms with E-state index in [0.717, 1.165) is 35.0 Å². The quantitative estimate of drug-likeness (QED) is 0.0903. The number of benzene rings is 2. The Hall–Kier alpha value is -2.73. The minimum atomic E-state index is -0.418. The van der Waals surface area contributed by atoms with Crippen molar-refractivity contribution in [3.63, 3.8) is 0 Å². The summed E-state index contributed by atoms with van der Waals surface area (Å²) in [4.78, 5) is 21.8. The van der Waals surface area contributed by atoms with Gasteiger partial charge in [-0.15, -0.1) is 0 Å². The van der Waals surface area contributed by atoms with Crippen LogP contribution in [0.25, 0.3) is 11.4 Å². The number of rotatable bonds is 17. The van der Waals surface area contributed by atoms with Gasteiger partial charge in [0.2, 0.25) is 0 Å². The van der Waals surface area contributed by atoms with Crippen molar-refractivity contribution < 1.29 is 14.3 Å². The predicted molar refractivity (Wildman–Crippen MR) is 158 cm³/mol. The van der Waals surface area contributed by atoms with Crippen molar-refractivity contribution in [1.82, 2.24) is 9.97 Å². The molecular weight excluding hydrogens is 540 g/mol. The summed E-state index contributed by atoms with van der Waals surface area (Å²) in [5.74, 6) is 1.46. The first-order valence-corrected chi connectivity index (χ1v) is 15.0. The zero-order valence-corrected chi connectivity index (χ0v) is 24.5. The summed E-state index contributed by atoms with van der Waals surface area (Å²) in [6, 6.07) is 12.6. The molecule has 0 amide bonds. The van der Waals surface area contributed by atoms with Crippen LogP contribution in [0.15, 0.2) is 59.3 Å². The second-order valence-corrected chi connectivity index (χ2v) is 10.6. The van der Waals surface area contributed by atoms with Crippen LogP contribution in [-0.2, 0) is 6.42 Å². The number of halogens is 1. The zero-order chi connectivity index (χ0) is 27.0. The van der Waals surface area contributed by atoms with E-state index in [1.807, 2.05) is 24.5 Å². The Morgan fingerprint density at radius 3 is 2.08 bits per heavy atom. The molecule has 3 rings (SSSR count). The molecule has 6 heteroatoms. The summed E-state index contributed by atoms with van der Waals surface area (Å²) in [6.07, 6.45) is 18.5. The van der Waals surface area contributed by atoms with Gasteiger partial charge < -0.3 is 9.47 Å². The van der Waals surface area contributed by atoms with Gasteiger partial charge in [0.25, 0.3) is 0 Å². The van der Waals surface area contributed by atoms with Crippen LogP contribution in [0.1, 0.15) is 100 Å². The lowest BCUT2D eigenvalue weighted by Gasteiger charge is -2.10. The number of ether oxygens (including phenoxy) is 2. The summed E-state index contributed by atoms with van der Waals surface area (Å²) < 4.78 is 12.1. The number of hydrogen-bond acceptors (Lipinski definition) is 5. The lowest BCUT2D eigenvalue weighted by Crippen LogP contribution is -2.09. The van der Waals surface area contributed by atoms with Gasteiger partial charge in [-0.2, -0.15) is 0 Å². The van der Waals surface area contributed by atoms with E-state index in [-0.39, 0.29) is 0 Å². The van der Waals surface area contributed by atoms with Crippen LogP contribution in [0.5, 0.6) is 11.5 Å². The molecule has 0 spiro atoms. The third-order valence-electron chi connectivity index (χ3n) is 6.52. The molecule has 1 aromatic heterocycles. The second kappa shape index (κ2) is 17.0. The van der Waals surface area contributed by atoms with E-state index in [1.54, 1.807) is 30.3 Å². The first-order chi connectivity index (χ1) is 18.6. The van der Waals surface area contributed by atoms with E-state index in [9.17, 15) is 4.79 Å². The van der Waals surface area contributed by atoms with Gasteiger partial charge >= 0.3 is 5.97 Å². The summed E-state index contributed by atoms with van der Waals surface area (Å²) in [5.41, 5.74) is 2.52. The number of esters is 1. The summed E-state index contributed by atoms with van der Waals surface area (Å²) in [6.45, 7) is 5.11. The van der Waals surface area contributed by atoms with Gasteiger partial charge in [0.15, 0.2) is 5.82 Å². The fourth-order valence-electron chi connectivity index (χ4n) is 4.21. The molecule has 0 aliphatic rings. The standard InChI is InChI=1S/C32H41BrN2O3/c1-3-5-7-9-10-11-12-14-25-23-34-31(35-24-25)26-15-18-28(19-16-26)38-32(36)27-17-20-30(29(33)22-27)37-21-13-8-6-4-2/h15-20,22-24H,3-14,21H2,1-2H3. The Kier molecular flexibility index (Phi) is 13.3. The molecule has 0 aliphatic heterocycles. The SMILES string of the molecule is CCCCCCCCCc1cnc(-c2ccc(OC(=O)c3ccc(OCCCCCC)c(Br)c3)cc2)nc1. The fourth-order valence-corrected chi connectivity index (χ4v) is 4.71. The van der Waals surface area contributed by atoms with E-state index >= 15 is 0 Å². The van der Waals surface area contributed by atoms with Gasteiger partial charge in [-0.05, 0) is 83.2 Å². The number of carbonyl (C=O) groups is 1. The largest absolute Gasteiger partial charge is 0.492 e. The van der Waals surface area contributed by atoms with Gasteiger partial charge in [-0.3, -0.25) is 0 Å². The smallest absolute Gasteiger partial charge is 0.343 e. The normalized spacial score (nSPS) is 10.9. The van der Waals surface area contributed by atoms with Crippen molar-refractivity contribution in [2.24, 2.45) is 0 Å². The molecule has 0 bridgehead atoms.